The number of benzene rings is 3. The van der Waals surface area contributed by atoms with Crippen molar-refractivity contribution in [2.75, 3.05) is 12.1 Å². The molecule has 0 aromatic heterocycles. The van der Waals surface area contributed by atoms with E-state index in [2.05, 4.69) is 5.32 Å². The van der Waals surface area contributed by atoms with Crippen LogP contribution in [0.3, 0.4) is 0 Å². The fourth-order valence-corrected chi connectivity index (χ4v) is 4.80. The first-order valence-electron chi connectivity index (χ1n) is 12.6. The molecule has 1 saturated carbocycles. The molecule has 0 spiro atoms. The predicted molar refractivity (Wildman–Crippen MR) is 139 cm³/mol. The third kappa shape index (κ3) is 6.21. The summed E-state index contributed by atoms with van der Waals surface area (Å²) in [6, 6.07) is 22.5. The van der Waals surface area contributed by atoms with Gasteiger partial charge in [0.15, 0.2) is 11.5 Å². The Morgan fingerprint density at radius 1 is 0.892 bits per heavy atom. The number of fused-ring (bicyclic) bond motifs is 1. The van der Waals surface area contributed by atoms with Crippen LogP contribution >= 0.6 is 0 Å². The Kier molecular flexibility index (Phi) is 7.56. The minimum absolute atomic E-state index is 0.0700. The number of anilines is 1. The summed E-state index contributed by atoms with van der Waals surface area (Å²) in [4.78, 5) is 28.0. The Hall–Kier alpha value is -4.04. The summed E-state index contributed by atoms with van der Waals surface area (Å²) in [5.74, 6) is 1.15. The number of nitrogens with two attached hydrogens (primary N) is 1. The minimum Gasteiger partial charge on any atom is -0.454 e. The van der Waals surface area contributed by atoms with Gasteiger partial charge in [-0.2, -0.15) is 0 Å². The number of hydrogen-bond donors (Lipinski definition) is 2. The van der Waals surface area contributed by atoms with Crippen molar-refractivity contribution < 1.29 is 23.8 Å². The van der Waals surface area contributed by atoms with E-state index < -0.39 is 6.09 Å². The normalized spacial score (nSPS) is 18.2. The van der Waals surface area contributed by atoms with Gasteiger partial charge in [0, 0.05) is 29.9 Å². The van der Waals surface area contributed by atoms with Crippen LogP contribution in [0.1, 0.15) is 47.2 Å². The number of amides is 2. The Morgan fingerprint density at radius 3 is 2.46 bits per heavy atom. The topological polar surface area (TPSA) is 103 Å². The molecule has 0 radical (unpaired) electrons. The molecule has 0 saturated heterocycles. The zero-order valence-corrected chi connectivity index (χ0v) is 20.6. The quantitative estimate of drug-likeness (QED) is 0.468. The highest BCUT2D eigenvalue weighted by Crippen LogP contribution is 2.34. The molecular weight excluding hydrogens is 470 g/mol. The van der Waals surface area contributed by atoms with Gasteiger partial charge in [-0.05, 0) is 67.1 Å². The van der Waals surface area contributed by atoms with Crippen molar-refractivity contribution in [1.29, 1.82) is 0 Å². The molecule has 8 nitrogen and oxygen atoms in total. The van der Waals surface area contributed by atoms with E-state index in [0.29, 0.717) is 29.3 Å². The molecule has 3 aromatic rings. The lowest BCUT2D eigenvalue weighted by atomic mass is 9.90. The number of nitrogens with one attached hydrogen (secondary N) is 1. The highest BCUT2D eigenvalue weighted by atomic mass is 16.7. The van der Waals surface area contributed by atoms with Crippen LogP contribution in [0.25, 0.3) is 0 Å². The van der Waals surface area contributed by atoms with Crippen LogP contribution in [-0.4, -0.2) is 35.8 Å². The summed E-state index contributed by atoms with van der Waals surface area (Å²) >= 11 is 0. The molecule has 2 aliphatic rings. The van der Waals surface area contributed by atoms with E-state index in [0.717, 1.165) is 36.8 Å². The van der Waals surface area contributed by atoms with Crippen molar-refractivity contribution >= 4 is 17.7 Å². The summed E-state index contributed by atoms with van der Waals surface area (Å²) in [6.07, 6.45) is 2.92. The Bertz CT molecular complexity index is 1240. The zero-order chi connectivity index (χ0) is 25.6. The first kappa shape index (κ1) is 24.6. The molecule has 8 heteroatoms. The molecule has 0 unspecified atom stereocenters. The molecule has 5 rings (SSSR count). The van der Waals surface area contributed by atoms with E-state index in [1.165, 1.54) is 0 Å². The molecule has 1 fully saturated rings. The molecule has 3 N–H and O–H groups in total. The molecule has 1 aliphatic carbocycles. The van der Waals surface area contributed by atoms with Crippen LogP contribution in [0.15, 0.2) is 72.8 Å². The molecule has 0 atom stereocenters. The molecule has 37 heavy (non-hydrogen) atoms. The van der Waals surface area contributed by atoms with Gasteiger partial charge in [-0.15, -0.1) is 0 Å². The fourth-order valence-electron chi connectivity index (χ4n) is 4.80. The SMILES string of the molecule is NC1CCC(N(Cc2cccc(NC(=O)OCc3ccccc3)c2)C(=O)c2ccc3c(c2)OCO3)CC1. The predicted octanol–water partition coefficient (Wildman–Crippen LogP) is 5.08. The summed E-state index contributed by atoms with van der Waals surface area (Å²) in [7, 11) is 0. The van der Waals surface area contributed by atoms with E-state index >= 15 is 0 Å². The Balaban J connectivity index is 1.29. The second-order valence-corrected chi connectivity index (χ2v) is 9.46. The minimum atomic E-state index is -0.532. The van der Waals surface area contributed by atoms with E-state index in [9.17, 15) is 9.59 Å². The van der Waals surface area contributed by atoms with Gasteiger partial charge in [0.25, 0.3) is 5.91 Å². The summed E-state index contributed by atoms with van der Waals surface area (Å²) < 4.78 is 16.2. The zero-order valence-electron chi connectivity index (χ0n) is 20.6. The van der Waals surface area contributed by atoms with Gasteiger partial charge in [0.2, 0.25) is 6.79 Å². The number of carbonyl (C=O) groups is 2. The van der Waals surface area contributed by atoms with Crippen molar-refractivity contribution in [2.45, 2.75) is 50.9 Å². The van der Waals surface area contributed by atoms with Gasteiger partial charge >= 0.3 is 6.09 Å². The standard InChI is InChI=1S/C29H31N3O5/c30-23-10-12-25(13-11-23)32(28(33)22-9-14-26-27(16-22)37-19-36-26)17-21-7-4-8-24(15-21)31-29(34)35-18-20-5-2-1-3-6-20/h1-9,14-16,23,25H,10-13,17-19,30H2,(H,31,34). The lowest BCUT2D eigenvalue weighted by molar-refractivity contribution is 0.0606. The highest BCUT2D eigenvalue weighted by molar-refractivity contribution is 5.95. The van der Waals surface area contributed by atoms with Crippen LogP contribution < -0.4 is 20.5 Å². The van der Waals surface area contributed by atoms with Crippen molar-refractivity contribution in [2.24, 2.45) is 5.73 Å². The molecule has 1 aliphatic heterocycles. The van der Waals surface area contributed by atoms with Crippen LogP contribution in [0.4, 0.5) is 10.5 Å². The van der Waals surface area contributed by atoms with E-state index in [1.807, 2.05) is 53.4 Å². The average Bonchev–Trinajstić information content (AvgIpc) is 3.40. The molecule has 192 valence electrons. The molecular formula is C29H31N3O5. The molecule has 3 aromatic carbocycles. The maximum Gasteiger partial charge on any atom is 0.411 e. The highest BCUT2D eigenvalue weighted by Gasteiger charge is 2.29. The number of rotatable bonds is 7. The van der Waals surface area contributed by atoms with Gasteiger partial charge in [0.1, 0.15) is 6.61 Å². The van der Waals surface area contributed by atoms with Crippen molar-refractivity contribution in [3.05, 3.63) is 89.5 Å². The number of hydrogen-bond acceptors (Lipinski definition) is 6. The third-order valence-corrected chi connectivity index (χ3v) is 6.80. The summed E-state index contributed by atoms with van der Waals surface area (Å²) in [6.45, 7) is 0.751. The van der Waals surface area contributed by atoms with E-state index in [1.54, 1.807) is 24.3 Å². The third-order valence-electron chi connectivity index (χ3n) is 6.80. The largest absolute Gasteiger partial charge is 0.454 e. The lowest BCUT2D eigenvalue weighted by Crippen LogP contribution is -2.43. The van der Waals surface area contributed by atoms with Crippen LogP contribution in [0.2, 0.25) is 0 Å². The Morgan fingerprint density at radius 2 is 1.65 bits per heavy atom. The first-order valence-corrected chi connectivity index (χ1v) is 12.6. The molecule has 2 amide bonds. The second kappa shape index (κ2) is 11.3. The summed E-state index contributed by atoms with van der Waals surface area (Å²) in [5.41, 5.74) is 9.12. The Labute approximate surface area is 216 Å². The van der Waals surface area contributed by atoms with Gasteiger partial charge < -0.3 is 24.8 Å². The van der Waals surface area contributed by atoms with E-state index in [-0.39, 0.29) is 31.4 Å². The summed E-state index contributed by atoms with van der Waals surface area (Å²) in [5, 5.41) is 2.79. The second-order valence-electron chi connectivity index (χ2n) is 9.46. The van der Waals surface area contributed by atoms with Gasteiger partial charge in [-0.1, -0.05) is 42.5 Å². The smallest absolute Gasteiger partial charge is 0.411 e. The van der Waals surface area contributed by atoms with Gasteiger partial charge in [-0.25, -0.2) is 4.79 Å². The maximum atomic E-state index is 13.7. The average molecular weight is 502 g/mol. The maximum absolute atomic E-state index is 13.7. The van der Waals surface area contributed by atoms with E-state index in [4.69, 9.17) is 19.9 Å². The van der Waals surface area contributed by atoms with Crippen molar-refractivity contribution in [3.8, 4) is 11.5 Å². The van der Waals surface area contributed by atoms with Gasteiger partial charge in [-0.3, -0.25) is 10.1 Å². The van der Waals surface area contributed by atoms with Crippen LogP contribution in [-0.2, 0) is 17.9 Å². The molecule has 0 bridgehead atoms. The van der Waals surface area contributed by atoms with Gasteiger partial charge in [0.05, 0.1) is 0 Å². The van der Waals surface area contributed by atoms with Crippen LogP contribution in [0, 0.1) is 0 Å². The monoisotopic (exact) mass is 501 g/mol. The van der Waals surface area contributed by atoms with Crippen molar-refractivity contribution in [1.82, 2.24) is 4.90 Å². The number of carbonyl (C=O) groups excluding carboxylic acids is 2. The van der Waals surface area contributed by atoms with Crippen LogP contribution in [0.5, 0.6) is 11.5 Å². The number of nitrogens with zero attached hydrogens (tertiary/aromatic N) is 1. The molecule has 1 heterocycles. The number of ether oxygens (including phenoxy) is 3. The first-order chi connectivity index (χ1) is 18.0. The fraction of sp³-hybridized carbons (Fsp3) is 0.310. The van der Waals surface area contributed by atoms with Crippen molar-refractivity contribution in [3.63, 3.8) is 0 Å². The lowest BCUT2D eigenvalue weighted by Gasteiger charge is -2.36.